The molecule has 98 valence electrons. The van der Waals surface area contributed by atoms with Crippen LogP contribution < -0.4 is 0 Å². The largest absolute Gasteiger partial charge is 0.316 e. The van der Waals surface area contributed by atoms with Crippen molar-refractivity contribution in [2.45, 2.75) is 20.0 Å². The highest BCUT2D eigenvalue weighted by Crippen LogP contribution is 2.23. The lowest BCUT2D eigenvalue weighted by molar-refractivity contribution is 0.649. The average molecular weight is 292 g/mol. The summed E-state index contributed by atoms with van der Waals surface area (Å²) in [6, 6.07) is 4.02. The highest BCUT2D eigenvalue weighted by molar-refractivity contribution is 7.71. The van der Waals surface area contributed by atoms with Crippen LogP contribution in [0.3, 0.4) is 0 Å². The van der Waals surface area contributed by atoms with E-state index >= 15 is 0 Å². The van der Waals surface area contributed by atoms with Gasteiger partial charge in [0.2, 0.25) is 0 Å². The quantitative estimate of drug-likeness (QED) is 0.750. The van der Waals surface area contributed by atoms with E-state index in [2.05, 4.69) is 27.3 Å². The third-order valence-electron chi connectivity index (χ3n) is 2.84. The molecule has 0 unspecified atom stereocenters. The van der Waals surface area contributed by atoms with Crippen LogP contribution in [-0.4, -0.2) is 29.5 Å². The van der Waals surface area contributed by atoms with Crippen LogP contribution in [-0.2, 0) is 13.1 Å². The second-order valence-electron chi connectivity index (χ2n) is 3.95. The summed E-state index contributed by atoms with van der Waals surface area (Å²) in [7, 11) is 0. The molecule has 1 N–H and O–H groups in total. The van der Waals surface area contributed by atoms with Crippen LogP contribution >= 0.6 is 23.6 Å². The summed E-state index contributed by atoms with van der Waals surface area (Å²) in [5.74, 6) is 1.71. The number of hydrogen-bond acceptors (Lipinski definition) is 5. The van der Waals surface area contributed by atoms with Gasteiger partial charge in [-0.1, -0.05) is 6.07 Å². The number of thiophene rings is 1. The Kier molecular flexibility index (Phi) is 3.26. The summed E-state index contributed by atoms with van der Waals surface area (Å²) in [4.78, 5) is 1.08. The molecule has 0 bridgehead atoms. The van der Waals surface area contributed by atoms with Gasteiger partial charge in [-0.25, -0.2) is 0 Å². The SMILES string of the molecule is CCn1cnnc1Cn1c(-c2cccs2)n[nH]c1=S. The van der Waals surface area contributed by atoms with Gasteiger partial charge >= 0.3 is 0 Å². The van der Waals surface area contributed by atoms with Crippen molar-refractivity contribution >= 4 is 23.6 Å². The maximum Gasteiger partial charge on any atom is 0.195 e. The molecule has 3 aromatic heterocycles. The normalized spacial score (nSPS) is 11.0. The number of nitrogens with zero attached hydrogens (tertiary/aromatic N) is 5. The fourth-order valence-corrected chi connectivity index (χ4v) is 2.78. The third-order valence-corrected chi connectivity index (χ3v) is 4.01. The predicted octanol–water partition coefficient (Wildman–Crippen LogP) is 2.33. The Hall–Kier alpha value is -1.80. The molecule has 3 heterocycles. The zero-order valence-corrected chi connectivity index (χ0v) is 11.9. The van der Waals surface area contributed by atoms with Gasteiger partial charge in [0, 0.05) is 6.54 Å². The summed E-state index contributed by atoms with van der Waals surface area (Å²) in [6.07, 6.45) is 1.73. The van der Waals surface area contributed by atoms with Crippen molar-refractivity contribution in [1.29, 1.82) is 0 Å². The topological polar surface area (TPSA) is 64.3 Å². The van der Waals surface area contributed by atoms with E-state index in [9.17, 15) is 0 Å². The van der Waals surface area contributed by atoms with Gasteiger partial charge in [-0.05, 0) is 30.6 Å². The van der Waals surface area contributed by atoms with Gasteiger partial charge in [-0.2, -0.15) is 5.10 Å². The second kappa shape index (κ2) is 5.06. The van der Waals surface area contributed by atoms with Gasteiger partial charge in [0.05, 0.1) is 11.4 Å². The Morgan fingerprint density at radius 1 is 1.47 bits per heavy atom. The van der Waals surface area contributed by atoms with Gasteiger partial charge < -0.3 is 4.57 Å². The molecule has 0 radical (unpaired) electrons. The van der Waals surface area contributed by atoms with E-state index in [0.717, 1.165) is 23.1 Å². The maximum absolute atomic E-state index is 5.29. The van der Waals surface area contributed by atoms with Gasteiger partial charge in [0.15, 0.2) is 16.4 Å². The van der Waals surface area contributed by atoms with Gasteiger partial charge in [-0.15, -0.1) is 21.5 Å². The molecule has 8 heteroatoms. The highest BCUT2D eigenvalue weighted by Gasteiger charge is 2.12. The predicted molar refractivity (Wildman–Crippen MR) is 75.5 cm³/mol. The molecule has 0 saturated carbocycles. The van der Waals surface area contributed by atoms with Crippen molar-refractivity contribution in [2.75, 3.05) is 0 Å². The number of aryl methyl sites for hydroxylation is 1. The molecule has 19 heavy (non-hydrogen) atoms. The first kappa shape index (κ1) is 12.2. The molecule has 3 aromatic rings. The summed E-state index contributed by atoms with van der Waals surface area (Å²) in [5, 5.41) is 17.2. The molecule has 0 fully saturated rings. The fourth-order valence-electron chi connectivity index (χ4n) is 1.87. The van der Waals surface area contributed by atoms with Crippen LogP contribution in [0.1, 0.15) is 12.7 Å². The van der Waals surface area contributed by atoms with Crippen LogP contribution in [0.25, 0.3) is 10.7 Å². The maximum atomic E-state index is 5.29. The lowest BCUT2D eigenvalue weighted by Crippen LogP contribution is -2.08. The number of aromatic nitrogens is 6. The van der Waals surface area contributed by atoms with Crippen molar-refractivity contribution in [3.63, 3.8) is 0 Å². The number of nitrogens with one attached hydrogen (secondary N) is 1. The first-order valence-corrected chi connectivity index (χ1v) is 7.14. The first-order valence-electron chi connectivity index (χ1n) is 5.85. The van der Waals surface area contributed by atoms with Crippen LogP contribution in [0.15, 0.2) is 23.8 Å². The lowest BCUT2D eigenvalue weighted by atomic mass is 10.4. The van der Waals surface area contributed by atoms with Crippen LogP contribution in [0.5, 0.6) is 0 Å². The second-order valence-corrected chi connectivity index (χ2v) is 5.28. The van der Waals surface area contributed by atoms with Crippen molar-refractivity contribution in [1.82, 2.24) is 29.5 Å². The molecule has 0 aliphatic carbocycles. The van der Waals surface area contributed by atoms with Crippen molar-refractivity contribution in [3.05, 3.63) is 34.4 Å². The standard InChI is InChI=1S/C11H12N6S2/c1-2-16-7-12-13-9(16)6-17-10(14-15-11(17)18)8-4-3-5-19-8/h3-5,7H,2,6H2,1H3,(H,15,18). The van der Waals surface area contributed by atoms with Crippen LogP contribution in [0, 0.1) is 4.77 Å². The monoisotopic (exact) mass is 292 g/mol. The Balaban J connectivity index is 2.02. The highest BCUT2D eigenvalue weighted by atomic mass is 32.1. The molecular weight excluding hydrogens is 280 g/mol. The minimum absolute atomic E-state index is 0.566. The number of rotatable bonds is 4. The summed E-state index contributed by atoms with van der Waals surface area (Å²) in [5.41, 5.74) is 0. The molecule has 0 aromatic carbocycles. The molecule has 0 aliphatic rings. The van der Waals surface area contributed by atoms with E-state index in [1.54, 1.807) is 17.7 Å². The Morgan fingerprint density at radius 3 is 3.11 bits per heavy atom. The van der Waals surface area contributed by atoms with Crippen LogP contribution in [0.4, 0.5) is 0 Å². The fraction of sp³-hybridized carbons (Fsp3) is 0.273. The van der Waals surface area contributed by atoms with E-state index in [1.807, 2.05) is 26.6 Å². The van der Waals surface area contributed by atoms with Gasteiger partial charge in [0.25, 0.3) is 0 Å². The Bertz CT molecular complexity index is 721. The summed E-state index contributed by atoms with van der Waals surface area (Å²) < 4.78 is 4.53. The van der Waals surface area contributed by atoms with Crippen molar-refractivity contribution in [2.24, 2.45) is 0 Å². The minimum Gasteiger partial charge on any atom is -0.316 e. The molecule has 0 aliphatic heterocycles. The smallest absolute Gasteiger partial charge is 0.195 e. The zero-order chi connectivity index (χ0) is 13.2. The lowest BCUT2D eigenvalue weighted by Gasteiger charge is -2.06. The minimum atomic E-state index is 0.566. The molecule has 6 nitrogen and oxygen atoms in total. The van der Waals surface area contributed by atoms with E-state index in [0.29, 0.717) is 11.3 Å². The zero-order valence-electron chi connectivity index (χ0n) is 10.3. The van der Waals surface area contributed by atoms with E-state index in [4.69, 9.17) is 12.2 Å². The Morgan fingerprint density at radius 2 is 2.37 bits per heavy atom. The van der Waals surface area contributed by atoms with E-state index in [1.165, 1.54) is 0 Å². The summed E-state index contributed by atoms with van der Waals surface area (Å²) >= 11 is 6.93. The van der Waals surface area contributed by atoms with Gasteiger partial charge in [0.1, 0.15) is 6.33 Å². The van der Waals surface area contributed by atoms with Crippen molar-refractivity contribution < 1.29 is 0 Å². The van der Waals surface area contributed by atoms with Crippen LogP contribution in [0.2, 0.25) is 0 Å². The molecule has 0 amide bonds. The number of aromatic amines is 1. The average Bonchev–Trinajstić information content (AvgIpc) is 3.12. The van der Waals surface area contributed by atoms with E-state index in [-0.39, 0.29) is 0 Å². The molecule has 0 saturated heterocycles. The summed E-state index contributed by atoms with van der Waals surface area (Å²) in [6.45, 7) is 3.46. The third kappa shape index (κ3) is 2.24. The Labute approximate surface area is 118 Å². The van der Waals surface area contributed by atoms with Crippen molar-refractivity contribution in [3.8, 4) is 10.7 Å². The molecule has 0 spiro atoms. The van der Waals surface area contributed by atoms with E-state index < -0.39 is 0 Å². The number of H-pyrrole nitrogens is 1. The first-order chi connectivity index (χ1) is 9.29. The number of hydrogen-bond donors (Lipinski definition) is 1. The molecule has 3 rings (SSSR count). The molecular formula is C11H12N6S2. The van der Waals surface area contributed by atoms with Gasteiger partial charge in [-0.3, -0.25) is 9.67 Å². The molecule has 0 atom stereocenters.